The van der Waals surface area contributed by atoms with Crippen molar-refractivity contribution >= 4 is 17.5 Å². The number of amides is 1. The van der Waals surface area contributed by atoms with Crippen LogP contribution in [0.1, 0.15) is 23.2 Å². The monoisotopic (exact) mass is 264 g/mol. The normalized spacial score (nSPS) is 30.2. The Morgan fingerprint density at radius 3 is 2.61 bits per heavy atom. The molecule has 3 nitrogen and oxygen atoms in total. The first kappa shape index (κ1) is 12.0. The van der Waals surface area contributed by atoms with Crippen molar-refractivity contribution in [1.29, 1.82) is 0 Å². The van der Waals surface area contributed by atoms with Gasteiger partial charge in [-0.25, -0.2) is 0 Å². The molecule has 18 heavy (non-hydrogen) atoms. The number of nitrogens with zero attached hydrogens (tertiary/aromatic N) is 1. The molecule has 1 aromatic rings. The van der Waals surface area contributed by atoms with Gasteiger partial charge in [0.1, 0.15) is 0 Å². The molecule has 1 unspecified atom stereocenters. The zero-order valence-corrected chi connectivity index (χ0v) is 11.0. The van der Waals surface area contributed by atoms with Gasteiger partial charge in [-0.2, -0.15) is 0 Å². The van der Waals surface area contributed by atoms with Crippen molar-refractivity contribution in [2.24, 2.45) is 5.92 Å². The molecule has 3 saturated heterocycles. The minimum atomic E-state index is -0.0423. The molecule has 1 aromatic carbocycles. The third kappa shape index (κ3) is 2.25. The molecule has 3 fully saturated rings. The summed E-state index contributed by atoms with van der Waals surface area (Å²) in [5.74, 6) is 0.598. The molecule has 3 heterocycles. The predicted octanol–water partition coefficient (Wildman–Crippen LogP) is 2.16. The van der Waals surface area contributed by atoms with Crippen molar-refractivity contribution in [1.82, 2.24) is 10.2 Å². The number of nitrogens with one attached hydrogen (secondary N) is 1. The van der Waals surface area contributed by atoms with Crippen LogP contribution < -0.4 is 5.32 Å². The molecule has 0 saturated carbocycles. The SMILES string of the molecule is O=C(NC1CN2CCC1CC2)c1ccccc1Cl. The zero-order chi connectivity index (χ0) is 12.5. The number of carbonyl (C=O) groups is 1. The van der Waals surface area contributed by atoms with E-state index in [-0.39, 0.29) is 11.9 Å². The van der Waals surface area contributed by atoms with Crippen LogP contribution in [0.25, 0.3) is 0 Å². The summed E-state index contributed by atoms with van der Waals surface area (Å²) < 4.78 is 0. The number of hydrogen-bond donors (Lipinski definition) is 1. The molecule has 3 aliphatic heterocycles. The zero-order valence-electron chi connectivity index (χ0n) is 10.2. The van der Waals surface area contributed by atoms with Crippen LogP contribution in [0.4, 0.5) is 0 Å². The van der Waals surface area contributed by atoms with E-state index in [0.29, 0.717) is 16.5 Å². The summed E-state index contributed by atoms with van der Waals surface area (Å²) in [4.78, 5) is 14.6. The lowest BCUT2D eigenvalue weighted by atomic mass is 9.84. The van der Waals surface area contributed by atoms with E-state index in [1.54, 1.807) is 12.1 Å². The molecule has 0 aliphatic carbocycles. The highest BCUT2D eigenvalue weighted by Gasteiger charge is 2.35. The van der Waals surface area contributed by atoms with Crippen molar-refractivity contribution in [2.75, 3.05) is 19.6 Å². The Hall–Kier alpha value is -1.06. The van der Waals surface area contributed by atoms with Crippen molar-refractivity contribution < 1.29 is 4.79 Å². The molecular weight excluding hydrogens is 248 g/mol. The Morgan fingerprint density at radius 1 is 1.28 bits per heavy atom. The van der Waals surface area contributed by atoms with E-state index < -0.39 is 0 Å². The fraction of sp³-hybridized carbons (Fsp3) is 0.500. The second-order valence-electron chi connectivity index (χ2n) is 5.20. The lowest BCUT2D eigenvalue weighted by Crippen LogP contribution is -2.57. The van der Waals surface area contributed by atoms with Gasteiger partial charge < -0.3 is 10.2 Å². The summed E-state index contributed by atoms with van der Waals surface area (Å²) in [5.41, 5.74) is 0.579. The first-order valence-corrected chi connectivity index (χ1v) is 6.89. The molecule has 0 aromatic heterocycles. The molecule has 1 amide bonds. The molecule has 1 atom stereocenters. The number of fused-ring (bicyclic) bond motifs is 3. The molecule has 3 aliphatic rings. The van der Waals surface area contributed by atoms with E-state index in [4.69, 9.17) is 11.6 Å². The van der Waals surface area contributed by atoms with Gasteiger partial charge in [0.15, 0.2) is 0 Å². The first-order chi connectivity index (χ1) is 8.74. The summed E-state index contributed by atoms with van der Waals surface area (Å²) in [6, 6.07) is 7.51. The van der Waals surface area contributed by atoms with E-state index in [1.165, 1.54) is 25.9 Å². The molecule has 0 radical (unpaired) electrons. The second kappa shape index (κ2) is 4.90. The van der Waals surface area contributed by atoms with Crippen molar-refractivity contribution in [3.05, 3.63) is 34.9 Å². The number of piperidine rings is 3. The quantitative estimate of drug-likeness (QED) is 0.888. The first-order valence-electron chi connectivity index (χ1n) is 6.52. The third-order valence-electron chi connectivity index (χ3n) is 4.09. The van der Waals surface area contributed by atoms with E-state index in [1.807, 2.05) is 12.1 Å². The lowest BCUT2D eigenvalue weighted by molar-refractivity contribution is 0.0620. The molecule has 0 spiro atoms. The van der Waals surface area contributed by atoms with Crippen LogP contribution in [0.15, 0.2) is 24.3 Å². The summed E-state index contributed by atoms with van der Waals surface area (Å²) >= 11 is 6.04. The Kier molecular flexibility index (Phi) is 3.27. The van der Waals surface area contributed by atoms with Gasteiger partial charge >= 0.3 is 0 Å². The number of halogens is 1. The number of benzene rings is 1. The second-order valence-corrected chi connectivity index (χ2v) is 5.61. The molecule has 4 rings (SSSR count). The van der Waals surface area contributed by atoms with Gasteiger partial charge in [0, 0.05) is 12.6 Å². The van der Waals surface area contributed by atoms with E-state index >= 15 is 0 Å². The van der Waals surface area contributed by atoms with Gasteiger partial charge in [-0.05, 0) is 44.0 Å². The van der Waals surface area contributed by atoms with Crippen LogP contribution >= 0.6 is 11.6 Å². The summed E-state index contributed by atoms with van der Waals surface area (Å²) in [6.45, 7) is 3.35. The van der Waals surface area contributed by atoms with Crippen LogP contribution in [0.5, 0.6) is 0 Å². The minimum Gasteiger partial charge on any atom is -0.348 e. The van der Waals surface area contributed by atoms with Crippen LogP contribution in [-0.2, 0) is 0 Å². The summed E-state index contributed by atoms with van der Waals surface area (Å²) in [5, 5.41) is 3.67. The summed E-state index contributed by atoms with van der Waals surface area (Å²) in [6.07, 6.45) is 2.40. The van der Waals surface area contributed by atoms with Gasteiger partial charge in [0.25, 0.3) is 5.91 Å². The van der Waals surface area contributed by atoms with E-state index in [9.17, 15) is 4.79 Å². The highest BCUT2D eigenvalue weighted by Crippen LogP contribution is 2.28. The Morgan fingerprint density at radius 2 is 2.00 bits per heavy atom. The predicted molar refractivity (Wildman–Crippen MR) is 71.9 cm³/mol. The van der Waals surface area contributed by atoms with Gasteiger partial charge in [0.05, 0.1) is 10.6 Å². The standard InChI is InChI=1S/C14H17ClN2O/c15-12-4-2-1-3-11(12)14(18)16-13-9-17-7-5-10(13)6-8-17/h1-4,10,13H,5-9H2,(H,16,18). The lowest BCUT2D eigenvalue weighted by Gasteiger charge is -2.44. The topological polar surface area (TPSA) is 32.3 Å². The Bertz CT molecular complexity index is 455. The maximum Gasteiger partial charge on any atom is 0.253 e. The van der Waals surface area contributed by atoms with Gasteiger partial charge in [-0.15, -0.1) is 0 Å². The smallest absolute Gasteiger partial charge is 0.253 e. The van der Waals surface area contributed by atoms with Crippen LogP contribution in [0.2, 0.25) is 5.02 Å². The van der Waals surface area contributed by atoms with Crippen LogP contribution in [0.3, 0.4) is 0 Å². The van der Waals surface area contributed by atoms with Crippen LogP contribution in [0, 0.1) is 5.92 Å². The van der Waals surface area contributed by atoms with Gasteiger partial charge in [0.2, 0.25) is 0 Å². The van der Waals surface area contributed by atoms with Crippen molar-refractivity contribution in [3.63, 3.8) is 0 Å². The Balaban J connectivity index is 1.70. The maximum absolute atomic E-state index is 12.2. The average molecular weight is 265 g/mol. The van der Waals surface area contributed by atoms with E-state index in [2.05, 4.69) is 10.2 Å². The average Bonchev–Trinajstić information content (AvgIpc) is 2.40. The maximum atomic E-state index is 12.2. The third-order valence-corrected chi connectivity index (χ3v) is 4.42. The minimum absolute atomic E-state index is 0.0423. The number of rotatable bonds is 2. The largest absolute Gasteiger partial charge is 0.348 e. The Labute approximate surface area is 112 Å². The molecule has 2 bridgehead atoms. The number of carbonyl (C=O) groups excluding carboxylic acids is 1. The molecular formula is C14H17ClN2O. The highest BCUT2D eigenvalue weighted by atomic mass is 35.5. The molecule has 4 heteroatoms. The molecule has 96 valence electrons. The number of hydrogen-bond acceptors (Lipinski definition) is 2. The van der Waals surface area contributed by atoms with Crippen molar-refractivity contribution in [2.45, 2.75) is 18.9 Å². The van der Waals surface area contributed by atoms with Gasteiger partial charge in [-0.1, -0.05) is 23.7 Å². The summed E-state index contributed by atoms with van der Waals surface area (Å²) in [7, 11) is 0. The van der Waals surface area contributed by atoms with Crippen LogP contribution in [-0.4, -0.2) is 36.5 Å². The van der Waals surface area contributed by atoms with E-state index in [0.717, 1.165) is 6.54 Å². The fourth-order valence-electron chi connectivity index (χ4n) is 3.02. The van der Waals surface area contributed by atoms with Gasteiger partial charge in [-0.3, -0.25) is 4.79 Å². The highest BCUT2D eigenvalue weighted by molar-refractivity contribution is 6.33. The fourth-order valence-corrected chi connectivity index (χ4v) is 3.24. The molecule has 1 N–H and O–H groups in total. The van der Waals surface area contributed by atoms with Crippen molar-refractivity contribution in [3.8, 4) is 0 Å².